The number of rotatable bonds is 9. The molecule has 4 amide bonds. The minimum Gasteiger partial charge on any atom is -0.492 e. The van der Waals surface area contributed by atoms with E-state index in [2.05, 4.69) is 29.1 Å². The minimum absolute atomic E-state index is 0.302. The normalized spacial score (nSPS) is 17.7. The van der Waals surface area contributed by atoms with Gasteiger partial charge >= 0.3 is 6.03 Å². The van der Waals surface area contributed by atoms with E-state index < -0.39 is 23.8 Å². The number of anilines is 1. The number of aliphatic imine (C=N–C) groups is 1. The molecule has 8 heteroatoms. The van der Waals surface area contributed by atoms with Crippen molar-refractivity contribution in [3.05, 3.63) is 24.3 Å². The third-order valence-electron chi connectivity index (χ3n) is 4.30. The second kappa shape index (κ2) is 9.82. The molecule has 1 fully saturated rings. The number of hydrogen-bond donors (Lipinski definition) is 1. The lowest BCUT2D eigenvalue weighted by Gasteiger charge is -2.29. The van der Waals surface area contributed by atoms with Crippen LogP contribution >= 0.6 is 0 Å². The second-order valence-corrected chi connectivity index (χ2v) is 5.93. The van der Waals surface area contributed by atoms with E-state index in [1.165, 1.54) is 6.21 Å². The largest absolute Gasteiger partial charge is 0.492 e. The fourth-order valence-corrected chi connectivity index (χ4v) is 2.79. The van der Waals surface area contributed by atoms with E-state index in [-0.39, 0.29) is 0 Å². The van der Waals surface area contributed by atoms with Crippen LogP contribution < -0.4 is 15.0 Å². The van der Waals surface area contributed by atoms with E-state index in [4.69, 9.17) is 4.74 Å². The Morgan fingerprint density at radius 3 is 2.56 bits per heavy atom. The number of urea groups is 1. The van der Waals surface area contributed by atoms with E-state index in [0.717, 1.165) is 24.5 Å². The molecule has 0 aromatic heterocycles. The van der Waals surface area contributed by atoms with Crippen LogP contribution in [0.15, 0.2) is 29.3 Å². The summed E-state index contributed by atoms with van der Waals surface area (Å²) in [6.07, 6.45) is 1.32. The zero-order chi connectivity index (χ0) is 19.8. The second-order valence-electron chi connectivity index (χ2n) is 5.93. The first-order valence-corrected chi connectivity index (χ1v) is 9.16. The van der Waals surface area contributed by atoms with Gasteiger partial charge in [-0.3, -0.25) is 19.9 Å². The Balaban J connectivity index is 2.18. The molecule has 1 N–H and O–H groups in total. The number of carbonyl (C=O) groups excluding carboxylic acids is 3. The maximum absolute atomic E-state index is 12.8. The van der Waals surface area contributed by atoms with Crippen molar-refractivity contribution in [2.75, 3.05) is 37.7 Å². The van der Waals surface area contributed by atoms with Crippen molar-refractivity contribution in [2.45, 2.75) is 20.8 Å². The molecule has 1 aliphatic heterocycles. The highest BCUT2D eigenvalue weighted by Gasteiger charge is 2.41. The molecule has 2 rings (SSSR count). The molecule has 0 bridgehead atoms. The molecular weight excluding hydrogens is 348 g/mol. The Morgan fingerprint density at radius 2 is 1.89 bits per heavy atom. The molecule has 1 saturated heterocycles. The monoisotopic (exact) mass is 374 g/mol. The molecule has 8 nitrogen and oxygen atoms in total. The first kappa shape index (κ1) is 20.6. The first-order chi connectivity index (χ1) is 13.0. The van der Waals surface area contributed by atoms with Gasteiger partial charge < -0.3 is 9.64 Å². The van der Waals surface area contributed by atoms with Crippen LogP contribution in [-0.4, -0.2) is 61.7 Å². The van der Waals surface area contributed by atoms with Gasteiger partial charge in [0.1, 0.15) is 5.75 Å². The van der Waals surface area contributed by atoms with Crippen LogP contribution in [0.4, 0.5) is 10.5 Å². The number of para-hydroxylation sites is 2. The van der Waals surface area contributed by atoms with Gasteiger partial charge in [-0.05, 0) is 32.1 Å². The van der Waals surface area contributed by atoms with Gasteiger partial charge in [-0.15, -0.1) is 0 Å². The van der Waals surface area contributed by atoms with Crippen LogP contribution in [0, 0.1) is 5.92 Å². The van der Waals surface area contributed by atoms with Crippen molar-refractivity contribution in [1.29, 1.82) is 0 Å². The Kier molecular flexibility index (Phi) is 7.48. The van der Waals surface area contributed by atoms with Gasteiger partial charge in [-0.2, -0.15) is 0 Å². The molecule has 1 aromatic rings. The average Bonchev–Trinajstić information content (AvgIpc) is 2.65. The van der Waals surface area contributed by atoms with Crippen LogP contribution in [0.3, 0.4) is 0 Å². The highest BCUT2D eigenvalue weighted by molar-refractivity contribution is 6.32. The zero-order valence-electron chi connectivity index (χ0n) is 16.0. The number of likely N-dealkylation sites (N-methyl/N-ethyl adjacent to an activating group) is 1. The molecule has 0 aliphatic carbocycles. The molecule has 27 heavy (non-hydrogen) atoms. The third-order valence-corrected chi connectivity index (χ3v) is 4.30. The van der Waals surface area contributed by atoms with Crippen LogP contribution in [0.5, 0.6) is 5.75 Å². The number of carbonyl (C=O) groups is 3. The van der Waals surface area contributed by atoms with Crippen LogP contribution in [0.25, 0.3) is 0 Å². The molecule has 1 unspecified atom stereocenters. The van der Waals surface area contributed by atoms with E-state index in [1.807, 2.05) is 6.92 Å². The summed E-state index contributed by atoms with van der Waals surface area (Å²) in [4.78, 5) is 44.6. The zero-order valence-corrected chi connectivity index (χ0v) is 16.0. The van der Waals surface area contributed by atoms with Gasteiger partial charge in [-0.1, -0.05) is 26.0 Å². The number of nitrogens with zero attached hydrogens (tertiary/aromatic N) is 3. The summed E-state index contributed by atoms with van der Waals surface area (Å²) in [6.45, 7) is 9.34. The van der Waals surface area contributed by atoms with Crippen LogP contribution in [0.1, 0.15) is 20.8 Å². The van der Waals surface area contributed by atoms with E-state index in [9.17, 15) is 14.4 Å². The lowest BCUT2D eigenvalue weighted by molar-refractivity contribution is -0.131. The maximum atomic E-state index is 12.8. The standard InChI is InChI=1S/C19H26N4O4/c1-4-22(5-2)12-11-20-13-14-17(24)21-19(26)23(18(14)25)15-9-7-8-10-16(15)27-6-3/h7-10,13-14H,4-6,11-12H2,1-3H3,(H,21,24,26). The van der Waals surface area contributed by atoms with Crippen molar-refractivity contribution in [1.82, 2.24) is 10.2 Å². The van der Waals surface area contributed by atoms with E-state index in [1.54, 1.807) is 24.3 Å². The van der Waals surface area contributed by atoms with Crippen molar-refractivity contribution >= 4 is 29.7 Å². The molecule has 0 radical (unpaired) electrons. The van der Waals surface area contributed by atoms with Crippen molar-refractivity contribution in [2.24, 2.45) is 10.9 Å². The maximum Gasteiger partial charge on any atom is 0.335 e. The Hall–Kier alpha value is -2.74. The minimum atomic E-state index is -1.14. The number of amides is 4. The molecule has 0 spiro atoms. The van der Waals surface area contributed by atoms with Crippen LogP contribution in [0.2, 0.25) is 0 Å². The number of hydrogen-bond acceptors (Lipinski definition) is 6. The van der Waals surface area contributed by atoms with E-state index >= 15 is 0 Å². The van der Waals surface area contributed by atoms with Crippen LogP contribution in [-0.2, 0) is 9.59 Å². The fraction of sp³-hybridized carbons (Fsp3) is 0.474. The summed E-state index contributed by atoms with van der Waals surface area (Å²) in [5.41, 5.74) is 0.302. The van der Waals surface area contributed by atoms with Gasteiger partial charge in [0, 0.05) is 12.8 Å². The molecule has 1 atom stereocenters. The third kappa shape index (κ3) is 4.91. The first-order valence-electron chi connectivity index (χ1n) is 9.16. The van der Waals surface area contributed by atoms with Gasteiger partial charge in [0.2, 0.25) is 5.91 Å². The Bertz CT molecular complexity index is 715. The number of nitrogens with one attached hydrogen (secondary N) is 1. The van der Waals surface area contributed by atoms with Crippen molar-refractivity contribution in [3.8, 4) is 5.75 Å². The predicted molar refractivity (Wildman–Crippen MR) is 103 cm³/mol. The summed E-state index contributed by atoms with van der Waals surface area (Å²) in [5, 5.41) is 2.22. The average molecular weight is 374 g/mol. The molecule has 1 heterocycles. The number of benzene rings is 1. The molecular formula is C19H26N4O4. The molecule has 1 aromatic carbocycles. The van der Waals surface area contributed by atoms with Gasteiger partial charge in [-0.25, -0.2) is 9.69 Å². The summed E-state index contributed by atoms with van der Waals surface area (Å²) in [5.74, 6) is -2.05. The Morgan fingerprint density at radius 1 is 1.19 bits per heavy atom. The van der Waals surface area contributed by atoms with E-state index in [0.29, 0.717) is 24.6 Å². The topological polar surface area (TPSA) is 91.3 Å². The quantitative estimate of drug-likeness (QED) is 0.525. The van der Waals surface area contributed by atoms with Gasteiger partial charge in [0.05, 0.1) is 18.8 Å². The summed E-state index contributed by atoms with van der Waals surface area (Å²) < 4.78 is 5.50. The molecule has 1 aliphatic rings. The number of imide groups is 2. The summed E-state index contributed by atoms with van der Waals surface area (Å²) in [7, 11) is 0. The highest BCUT2D eigenvalue weighted by Crippen LogP contribution is 2.30. The SMILES string of the molecule is CCOc1ccccc1N1C(=O)NC(=O)C(C=NCCN(CC)CC)C1=O. The predicted octanol–water partition coefficient (Wildman–Crippen LogP) is 1.70. The lowest BCUT2D eigenvalue weighted by atomic mass is 10.1. The summed E-state index contributed by atoms with van der Waals surface area (Å²) in [6, 6.07) is 5.93. The van der Waals surface area contributed by atoms with Gasteiger partial charge in [0.15, 0.2) is 5.92 Å². The number of ether oxygens (including phenoxy) is 1. The van der Waals surface area contributed by atoms with Crippen molar-refractivity contribution < 1.29 is 19.1 Å². The smallest absolute Gasteiger partial charge is 0.335 e. The fourth-order valence-electron chi connectivity index (χ4n) is 2.79. The number of barbiturate groups is 1. The summed E-state index contributed by atoms with van der Waals surface area (Å²) >= 11 is 0. The Labute approximate surface area is 159 Å². The van der Waals surface area contributed by atoms with Crippen molar-refractivity contribution in [3.63, 3.8) is 0 Å². The lowest BCUT2D eigenvalue weighted by Crippen LogP contribution is -2.58. The molecule has 146 valence electrons. The molecule has 0 saturated carbocycles. The highest BCUT2D eigenvalue weighted by atomic mass is 16.5. The van der Waals surface area contributed by atoms with Gasteiger partial charge in [0.25, 0.3) is 5.91 Å².